The van der Waals surface area contributed by atoms with Crippen molar-refractivity contribution in [1.82, 2.24) is 10.2 Å². The Hall–Kier alpha value is -1.99. The Morgan fingerprint density at radius 1 is 1.13 bits per heavy atom. The summed E-state index contributed by atoms with van der Waals surface area (Å²) in [7, 11) is 3.31. The van der Waals surface area contributed by atoms with Crippen molar-refractivity contribution < 1.29 is 23.7 Å². The lowest BCUT2D eigenvalue weighted by molar-refractivity contribution is -0.0319. The summed E-state index contributed by atoms with van der Waals surface area (Å²) in [5.41, 5.74) is 1.18. The smallest absolute Gasteiger partial charge is 0.407 e. The molecule has 1 aromatic carbocycles. The highest BCUT2D eigenvalue weighted by atomic mass is 16.6. The first-order valence-corrected chi connectivity index (χ1v) is 11.7. The van der Waals surface area contributed by atoms with Gasteiger partial charge in [-0.25, -0.2) is 4.79 Å². The number of hydrogen-bond donors (Lipinski definition) is 1. The minimum absolute atomic E-state index is 0.0220. The number of likely N-dealkylation sites (tertiary alicyclic amines) is 1. The number of amides is 1. The first-order valence-electron chi connectivity index (χ1n) is 11.7. The summed E-state index contributed by atoms with van der Waals surface area (Å²) in [5.74, 6) is 1.50. The van der Waals surface area contributed by atoms with Crippen LogP contribution in [-0.4, -0.2) is 69.7 Å². The summed E-state index contributed by atoms with van der Waals surface area (Å²) in [6.45, 7) is 5.15. The first-order chi connectivity index (χ1) is 15.1. The van der Waals surface area contributed by atoms with Crippen molar-refractivity contribution in [2.24, 2.45) is 0 Å². The van der Waals surface area contributed by atoms with Crippen molar-refractivity contribution in [2.75, 3.05) is 40.5 Å². The van der Waals surface area contributed by atoms with Crippen molar-refractivity contribution in [3.8, 4) is 11.5 Å². The van der Waals surface area contributed by atoms with E-state index >= 15 is 0 Å². The van der Waals surface area contributed by atoms with Gasteiger partial charge in [-0.2, -0.15) is 0 Å². The minimum Gasteiger partial charge on any atom is -0.493 e. The fourth-order valence-electron chi connectivity index (χ4n) is 4.63. The zero-order valence-corrected chi connectivity index (χ0v) is 19.2. The average molecular weight is 435 g/mol. The van der Waals surface area contributed by atoms with Crippen LogP contribution in [0.1, 0.15) is 51.0 Å². The molecule has 3 rings (SSSR count). The van der Waals surface area contributed by atoms with Crippen LogP contribution in [0.2, 0.25) is 0 Å². The van der Waals surface area contributed by atoms with Gasteiger partial charge < -0.3 is 24.3 Å². The van der Waals surface area contributed by atoms with Gasteiger partial charge in [0.05, 0.1) is 26.9 Å². The third-order valence-electron chi connectivity index (χ3n) is 6.28. The molecule has 0 radical (unpaired) electrons. The number of nitrogens with one attached hydrogen (secondary N) is 1. The summed E-state index contributed by atoms with van der Waals surface area (Å²) < 4.78 is 22.7. The number of alkyl carbamates (subject to hydrolysis) is 1. The molecule has 0 bridgehead atoms. The number of carbonyl (C=O) groups is 1. The maximum absolute atomic E-state index is 11.9. The predicted octanol–water partition coefficient (Wildman–Crippen LogP) is 3.78. The van der Waals surface area contributed by atoms with Gasteiger partial charge in [-0.1, -0.05) is 25.8 Å². The van der Waals surface area contributed by atoms with Crippen LogP contribution in [0.25, 0.3) is 0 Å². The van der Waals surface area contributed by atoms with Crippen LogP contribution in [-0.2, 0) is 15.9 Å². The zero-order valence-electron chi connectivity index (χ0n) is 19.2. The van der Waals surface area contributed by atoms with Crippen LogP contribution >= 0.6 is 0 Å². The Kier molecular flexibility index (Phi) is 9.28. The second-order valence-electron chi connectivity index (χ2n) is 8.44. The molecule has 31 heavy (non-hydrogen) atoms. The predicted molar refractivity (Wildman–Crippen MR) is 120 cm³/mol. The van der Waals surface area contributed by atoms with E-state index in [0.717, 1.165) is 56.7 Å². The Morgan fingerprint density at radius 3 is 2.71 bits per heavy atom. The third-order valence-corrected chi connectivity index (χ3v) is 6.28. The highest BCUT2D eigenvalue weighted by Crippen LogP contribution is 2.30. The number of methoxy groups -OCH3 is 2. The van der Waals surface area contributed by atoms with E-state index in [1.807, 2.05) is 19.1 Å². The Labute approximate surface area is 186 Å². The fourth-order valence-corrected chi connectivity index (χ4v) is 4.63. The average Bonchev–Trinajstić information content (AvgIpc) is 3.26. The number of hydrogen-bond acceptors (Lipinski definition) is 6. The van der Waals surface area contributed by atoms with E-state index in [9.17, 15) is 4.79 Å². The summed E-state index contributed by atoms with van der Waals surface area (Å²) in [5, 5.41) is 2.80. The minimum atomic E-state index is -0.292. The van der Waals surface area contributed by atoms with E-state index in [-0.39, 0.29) is 18.3 Å². The highest BCUT2D eigenvalue weighted by Gasteiger charge is 2.36. The van der Waals surface area contributed by atoms with Gasteiger partial charge in [0, 0.05) is 25.7 Å². The van der Waals surface area contributed by atoms with E-state index in [0.29, 0.717) is 19.2 Å². The van der Waals surface area contributed by atoms with Crippen molar-refractivity contribution in [3.05, 3.63) is 23.8 Å². The van der Waals surface area contributed by atoms with Gasteiger partial charge in [0.15, 0.2) is 11.5 Å². The molecule has 1 aliphatic carbocycles. The molecule has 1 aliphatic heterocycles. The van der Waals surface area contributed by atoms with E-state index in [1.165, 1.54) is 18.4 Å². The monoisotopic (exact) mass is 434 g/mol. The fraction of sp³-hybridized carbons (Fsp3) is 0.708. The van der Waals surface area contributed by atoms with E-state index in [2.05, 4.69) is 16.3 Å². The second kappa shape index (κ2) is 12.2. The van der Waals surface area contributed by atoms with Crippen molar-refractivity contribution in [3.63, 3.8) is 0 Å². The molecule has 174 valence electrons. The topological polar surface area (TPSA) is 69.3 Å². The standard InChI is InChI=1S/C24H38N2O5/c1-4-13-25-24(27)31-19-11-14-26(17-19)20-7-5-6-8-21(20)30-15-12-18-9-10-22(28-2)23(16-18)29-3/h9-10,16,19-21H,4-8,11-15,17H2,1-3H3,(H,25,27)/t19-,20-,21-/m1/s1. The maximum atomic E-state index is 11.9. The highest BCUT2D eigenvalue weighted by molar-refractivity contribution is 5.67. The van der Waals surface area contributed by atoms with Crippen molar-refractivity contribution in [2.45, 2.75) is 70.1 Å². The molecule has 1 saturated carbocycles. The van der Waals surface area contributed by atoms with Crippen LogP contribution in [0.5, 0.6) is 11.5 Å². The van der Waals surface area contributed by atoms with Crippen molar-refractivity contribution >= 4 is 6.09 Å². The molecule has 0 unspecified atom stereocenters. The molecule has 7 nitrogen and oxygen atoms in total. The molecule has 0 aromatic heterocycles. The quantitative estimate of drug-likeness (QED) is 0.604. The van der Waals surface area contributed by atoms with Crippen LogP contribution in [0, 0.1) is 0 Å². The lowest BCUT2D eigenvalue weighted by Gasteiger charge is -2.37. The Bertz CT molecular complexity index is 699. The molecule has 7 heteroatoms. The van der Waals surface area contributed by atoms with Crippen LogP contribution < -0.4 is 14.8 Å². The largest absolute Gasteiger partial charge is 0.493 e. The second-order valence-corrected chi connectivity index (χ2v) is 8.44. The summed E-state index contributed by atoms with van der Waals surface area (Å²) in [6, 6.07) is 6.44. The van der Waals surface area contributed by atoms with Gasteiger partial charge in [0.25, 0.3) is 0 Å². The molecule has 1 saturated heterocycles. The Morgan fingerprint density at radius 2 is 1.94 bits per heavy atom. The van der Waals surface area contributed by atoms with Crippen molar-refractivity contribution in [1.29, 1.82) is 0 Å². The number of carbonyl (C=O) groups excluding carboxylic acids is 1. The molecular weight excluding hydrogens is 396 g/mol. The van der Waals surface area contributed by atoms with Gasteiger partial charge >= 0.3 is 6.09 Å². The maximum Gasteiger partial charge on any atom is 0.407 e. The van der Waals surface area contributed by atoms with Gasteiger partial charge in [0.2, 0.25) is 0 Å². The molecular formula is C24H38N2O5. The third kappa shape index (κ3) is 6.74. The van der Waals surface area contributed by atoms with Gasteiger partial charge in [-0.05, 0) is 49.8 Å². The molecule has 0 spiro atoms. The van der Waals surface area contributed by atoms with Gasteiger partial charge in [-0.15, -0.1) is 0 Å². The molecule has 2 aliphatic rings. The van der Waals surface area contributed by atoms with Crippen LogP contribution in [0.4, 0.5) is 4.79 Å². The SMILES string of the molecule is CCCNC(=O)O[C@@H]1CCN([C@@H]2CCCC[C@H]2OCCc2ccc(OC)c(OC)c2)C1. The number of rotatable bonds is 10. The lowest BCUT2D eigenvalue weighted by Crippen LogP contribution is -2.46. The van der Waals surface area contributed by atoms with Crippen LogP contribution in [0.15, 0.2) is 18.2 Å². The van der Waals surface area contributed by atoms with Crippen LogP contribution in [0.3, 0.4) is 0 Å². The summed E-state index contributed by atoms with van der Waals surface area (Å²) >= 11 is 0. The Balaban J connectivity index is 1.48. The molecule has 1 aromatic rings. The van der Waals surface area contributed by atoms with E-state index in [4.69, 9.17) is 18.9 Å². The first kappa shape index (κ1) is 23.7. The van der Waals surface area contributed by atoms with E-state index in [1.54, 1.807) is 14.2 Å². The lowest BCUT2D eigenvalue weighted by atomic mass is 9.91. The number of nitrogens with zero attached hydrogens (tertiary/aromatic N) is 1. The molecule has 3 atom stereocenters. The summed E-state index contributed by atoms with van der Waals surface area (Å²) in [4.78, 5) is 14.3. The normalized spacial score (nSPS) is 24.0. The summed E-state index contributed by atoms with van der Waals surface area (Å²) in [6.07, 6.45) is 7.26. The number of benzene rings is 1. The zero-order chi connectivity index (χ0) is 22.1. The van der Waals surface area contributed by atoms with Gasteiger partial charge in [-0.3, -0.25) is 4.90 Å². The molecule has 1 heterocycles. The molecule has 2 fully saturated rings. The molecule has 1 N–H and O–H groups in total. The number of ether oxygens (including phenoxy) is 4. The van der Waals surface area contributed by atoms with Gasteiger partial charge in [0.1, 0.15) is 6.10 Å². The van der Waals surface area contributed by atoms with E-state index < -0.39 is 0 Å². The molecule has 1 amide bonds.